The molecular weight excluding hydrogens is 108 g/mol. The van der Waals surface area contributed by atoms with Crippen molar-refractivity contribution in [2.24, 2.45) is 5.73 Å². The van der Waals surface area contributed by atoms with Gasteiger partial charge in [0.25, 0.3) is 5.91 Å². The lowest BCUT2D eigenvalue weighted by Gasteiger charge is -1.91. The molecule has 0 atom stereocenters. The molecule has 8 heavy (non-hydrogen) atoms. The SMILES string of the molecule is N=C(CCO)C(N)=O. The quantitative estimate of drug-likeness (QED) is 0.407. The molecule has 4 N–H and O–H groups in total. The van der Waals surface area contributed by atoms with Crippen molar-refractivity contribution in [2.75, 3.05) is 6.61 Å². The van der Waals surface area contributed by atoms with E-state index in [1.807, 2.05) is 0 Å². The Morgan fingerprint density at radius 3 is 2.38 bits per heavy atom. The number of carbonyl (C=O) groups is 1. The van der Waals surface area contributed by atoms with E-state index in [1.165, 1.54) is 0 Å². The van der Waals surface area contributed by atoms with Crippen LogP contribution >= 0.6 is 0 Å². The third-order valence-electron chi connectivity index (χ3n) is 0.659. The molecule has 0 unspecified atom stereocenters. The molecule has 0 saturated heterocycles. The Kier molecular flexibility index (Phi) is 2.79. The van der Waals surface area contributed by atoms with E-state index in [0.29, 0.717) is 0 Å². The van der Waals surface area contributed by atoms with E-state index >= 15 is 0 Å². The minimum atomic E-state index is -0.765. The molecule has 0 aliphatic heterocycles. The molecule has 0 aliphatic rings. The van der Waals surface area contributed by atoms with E-state index in [0.717, 1.165) is 0 Å². The highest BCUT2D eigenvalue weighted by molar-refractivity contribution is 6.36. The zero-order valence-corrected chi connectivity index (χ0v) is 4.35. The van der Waals surface area contributed by atoms with Crippen molar-refractivity contribution in [1.82, 2.24) is 0 Å². The van der Waals surface area contributed by atoms with Gasteiger partial charge in [-0.2, -0.15) is 0 Å². The Balaban J connectivity index is 3.49. The number of amides is 1. The summed E-state index contributed by atoms with van der Waals surface area (Å²) in [4.78, 5) is 9.98. The molecule has 1 amide bonds. The highest BCUT2D eigenvalue weighted by atomic mass is 16.3. The average Bonchev–Trinajstić information content (AvgIpc) is 1.67. The fraction of sp³-hybridized carbons (Fsp3) is 0.500. The molecule has 4 nitrogen and oxygen atoms in total. The highest BCUT2D eigenvalue weighted by Gasteiger charge is 2.00. The summed E-state index contributed by atoms with van der Waals surface area (Å²) in [6.45, 7) is -0.193. The molecular formula is C4H8N2O2. The van der Waals surface area contributed by atoms with Crippen LogP contribution < -0.4 is 5.73 Å². The molecule has 0 aliphatic carbocycles. The first-order valence-electron chi connectivity index (χ1n) is 2.16. The molecule has 0 aromatic heterocycles. The van der Waals surface area contributed by atoms with Gasteiger partial charge in [0.1, 0.15) is 0 Å². The van der Waals surface area contributed by atoms with E-state index in [2.05, 4.69) is 5.73 Å². The molecule has 0 bridgehead atoms. The van der Waals surface area contributed by atoms with Crippen molar-refractivity contribution < 1.29 is 9.90 Å². The van der Waals surface area contributed by atoms with E-state index < -0.39 is 5.91 Å². The lowest BCUT2D eigenvalue weighted by Crippen LogP contribution is -2.22. The summed E-state index contributed by atoms with van der Waals surface area (Å²) in [6.07, 6.45) is 0.0509. The summed E-state index contributed by atoms with van der Waals surface area (Å²) < 4.78 is 0. The maximum absolute atomic E-state index is 9.98. The van der Waals surface area contributed by atoms with Crippen molar-refractivity contribution in [1.29, 1.82) is 5.41 Å². The van der Waals surface area contributed by atoms with Crippen molar-refractivity contribution in [3.05, 3.63) is 0 Å². The van der Waals surface area contributed by atoms with Crippen LogP contribution in [0.2, 0.25) is 0 Å². The molecule has 0 spiro atoms. The monoisotopic (exact) mass is 116 g/mol. The van der Waals surface area contributed by atoms with Crippen molar-refractivity contribution in [3.63, 3.8) is 0 Å². The molecule has 0 heterocycles. The van der Waals surface area contributed by atoms with Crippen LogP contribution in [-0.2, 0) is 4.79 Å². The lowest BCUT2D eigenvalue weighted by molar-refractivity contribution is -0.112. The van der Waals surface area contributed by atoms with Crippen LogP contribution in [0.25, 0.3) is 0 Å². The first-order valence-corrected chi connectivity index (χ1v) is 2.16. The van der Waals surface area contributed by atoms with Gasteiger partial charge in [-0.15, -0.1) is 0 Å². The smallest absolute Gasteiger partial charge is 0.262 e. The van der Waals surface area contributed by atoms with Gasteiger partial charge in [0.15, 0.2) is 0 Å². The average molecular weight is 116 g/mol. The third-order valence-corrected chi connectivity index (χ3v) is 0.659. The summed E-state index contributed by atoms with van der Waals surface area (Å²) in [6, 6.07) is 0. The van der Waals surface area contributed by atoms with Crippen molar-refractivity contribution in [2.45, 2.75) is 6.42 Å². The third kappa shape index (κ3) is 2.30. The topological polar surface area (TPSA) is 87.2 Å². The number of hydrogen-bond acceptors (Lipinski definition) is 3. The van der Waals surface area contributed by atoms with Crippen LogP contribution in [0, 0.1) is 5.41 Å². The Hall–Kier alpha value is -0.900. The van der Waals surface area contributed by atoms with Gasteiger partial charge < -0.3 is 10.8 Å². The van der Waals surface area contributed by atoms with Gasteiger partial charge >= 0.3 is 0 Å². The van der Waals surface area contributed by atoms with Gasteiger partial charge in [0.2, 0.25) is 0 Å². The van der Waals surface area contributed by atoms with Crippen LogP contribution in [0.5, 0.6) is 0 Å². The lowest BCUT2D eigenvalue weighted by atomic mass is 10.3. The number of hydrogen-bond donors (Lipinski definition) is 3. The molecule has 4 heteroatoms. The molecule has 0 aromatic rings. The Morgan fingerprint density at radius 2 is 2.25 bits per heavy atom. The Bertz CT molecular complexity index is 111. The predicted molar refractivity (Wildman–Crippen MR) is 28.6 cm³/mol. The summed E-state index contributed by atoms with van der Waals surface area (Å²) in [5.41, 5.74) is 4.42. The van der Waals surface area contributed by atoms with Crippen molar-refractivity contribution in [3.8, 4) is 0 Å². The fourth-order valence-electron chi connectivity index (χ4n) is 0.235. The molecule has 46 valence electrons. The second-order valence-electron chi connectivity index (χ2n) is 1.32. The fourth-order valence-corrected chi connectivity index (χ4v) is 0.235. The standard InChI is InChI=1S/C4H8N2O2/c5-3(1-2-7)4(6)8/h5,7H,1-2H2,(H2,6,8). The van der Waals surface area contributed by atoms with E-state index in [4.69, 9.17) is 10.5 Å². The Morgan fingerprint density at radius 1 is 1.75 bits per heavy atom. The van der Waals surface area contributed by atoms with Gasteiger partial charge in [-0.3, -0.25) is 10.2 Å². The molecule has 0 radical (unpaired) electrons. The minimum Gasteiger partial charge on any atom is -0.396 e. The van der Waals surface area contributed by atoms with E-state index in [9.17, 15) is 4.79 Å². The van der Waals surface area contributed by atoms with Crippen molar-refractivity contribution >= 4 is 11.6 Å². The molecule has 0 rings (SSSR count). The second kappa shape index (κ2) is 3.15. The number of aliphatic hydroxyl groups excluding tert-OH is 1. The number of carbonyl (C=O) groups excluding carboxylic acids is 1. The normalized spacial score (nSPS) is 8.62. The molecule has 0 saturated carbocycles. The maximum atomic E-state index is 9.98. The van der Waals surface area contributed by atoms with Crippen LogP contribution in [0.4, 0.5) is 0 Å². The molecule has 0 aromatic carbocycles. The summed E-state index contributed by atoms with van der Waals surface area (Å²) in [5, 5.41) is 14.8. The Labute approximate surface area is 46.8 Å². The summed E-state index contributed by atoms with van der Waals surface area (Å²) in [7, 11) is 0. The van der Waals surface area contributed by atoms with Gasteiger partial charge in [0.05, 0.1) is 5.71 Å². The number of nitrogens with one attached hydrogen (secondary N) is 1. The van der Waals surface area contributed by atoms with Crippen LogP contribution in [0.3, 0.4) is 0 Å². The van der Waals surface area contributed by atoms with E-state index in [-0.39, 0.29) is 18.7 Å². The first-order chi connectivity index (χ1) is 3.68. The van der Waals surface area contributed by atoms with Gasteiger partial charge in [0, 0.05) is 13.0 Å². The number of nitrogens with two attached hydrogens (primary N) is 1. The van der Waals surface area contributed by atoms with Gasteiger partial charge in [-0.05, 0) is 0 Å². The van der Waals surface area contributed by atoms with Gasteiger partial charge in [-0.25, -0.2) is 0 Å². The van der Waals surface area contributed by atoms with Gasteiger partial charge in [-0.1, -0.05) is 0 Å². The van der Waals surface area contributed by atoms with Crippen LogP contribution in [0.1, 0.15) is 6.42 Å². The largest absolute Gasteiger partial charge is 0.396 e. The zero-order chi connectivity index (χ0) is 6.57. The van der Waals surface area contributed by atoms with E-state index in [1.54, 1.807) is 0 Å². The van der Waals surface area contributed by atoms with Crippen LogP contribution in [-0.4, -0.2) is 23.3 Å². The second-order valence-corrected chi connectivity index (χ2v) is 1.32. The predicted octanol–water partition coefficient (Wildman–Crippen LogP) is -1.13. The zero-order valence-electron chi connectivity index (χ0n) is 4.35. The minimum absolute atomic E-state index is 0.0509. The number of aliphatic hydroxyl groups is 1. The summed E-state index contributed by atoms with van der Waals surface area (Å²) in [5.74, 6) is -0.765. The first kappa shape index (κ1) is 7.10. The number of rotatable bonds is 3. The maximum Gasteiger partial charge on any atom is 0.262 e. The number of primary amides is 1. The highest BCUT2D eigenvalue weighted by Crippen LogP contribution is 1.77. The molecule has 0 fully saturated rings. The summed E-state index contributed by atoms with van der Waals surface area (Å²) >= 11 is 0. The van der Waals surface area contributed by atoms with Crippen LogP contribution in [0.15, 0.2) is 0 Å².